The smallest absolute Gasteiger partial charge is 0.237 e. The molecule has 0 aromatic carbocycles. The highest BCUT2D eigenvalue weighted by Crippen LogP contribution is 2.24. The summed E-state index contributed by atoms with van der Waals surface area (Å²) in [6.45, 7) is 1.81. The van der Waals surface area contributed by atoms with E-state index in [9.17, 15) is 9.59 Å². The molecular weight excluding hydrogens is 260 g/mol. The van der Waals surface area contributed by atoms with Gasteiger partial charge in [-0.15, -0.1) is 0 Å². The molecule has 1 atom stereocenters. The Kier molecular flexibility index (Phi) is 4.57. The number of amides is 2. The van der Waals surface area contributed by atoms with Gasteiger partial charge in [0.2, 0.25) is 11.8 Å². The summed E-state index contributed by atoms with van der Waals surface area (Å²) in [4.78, 5) is 24.1. The van der Waals surface area contributed by atoms with Crippen LogP contribution in [0.5, 0.6) is 0 Å². The van der Waals surface area contributed by atoms with Gasteiger partial charge >= 0.3 is 0 Å². The van der Waals surface area contributed by atoms with Crippen LogP contribution in [0.2, 0.25) is 0 Å². The number of nitrogens with two attached hydrogens (primary N) is 1. The summed E-state index contributed by atoms with van der Waals surface area (Å²) in [7, 11) is 0. The van der Waals surface area contributed by atoms with E-state index in [-0.39, 0.29) is 23.3 Å². The molecule has 0 aliphatic heterocycles. The SMILES string of the molecule is CC(Br)C(=O)N(CC(N)=O)C1CCCC1. The van der Waals surface area contributed by atoms with E-state index in [1.54, 1.807) is 11.8 Å². The molecule has 2 amide bonds. The molecule has 1 rings (SSSR count). The number of primary amides is 1. The molecular formula is C10H17BrN2O2. The van der Waals surface area contributed by atoms with Gasteiger partial charge in [0, 0.05) is 6.04 Å². The molecule has 0 aromatic heterocycles. The van der Waals surface area contributed by atoms with Gasteiger partial charge in [-0.2, -0.15) is 0 Å². The van der Waals surface area contributed by atoms with Crippen molar-refractivity contribution in [2.24, 2.45) is 5.73 Å². The first kappa shape index (κ1) is 12.5. The van der Waals surface area contributed by atoms with Crippen molar-refractivity contribution < 1.29 is 9.59 Å². The third-order valence-electron chi connectivity index (χ3n) is 2.72. The van der Waals surface area contributed by atoms with Gasteiger partial charge in [0.15, 0.2) is 0 Å². The lowest BCUT2D eigenvalue weighted by molar-refractivity contribution is -0.136. The van der Waals surface area contributed by atoms with E-state index < -0.39 is 5.91 Å². The zero-order valence-corrected chi connectivity index (χ0v) is 10.5. The van der Waals surface area contributed by atoms with Crippen LogP contribution in [0, 0.1) is 0 Å². The van der Waals surface area contributed by atoms with E-state index in [4.69, 9.17) is 5.73 Å². The van der Waals surface area contributed by atoms with Crippen molar-refractivity contribution in [2.45, 2.75) is 43.5 Å². The Labute approximate surface area is 98.3 Å². The average Bonchev–Trinajstić information content (AvgIpc) is 2.65. The molecule has 15 heavy (non-hydrogen) atoms. The minimum atomic E-state index is -0.441. The molecule has 0 spiro atoms. The number of halogens is 1. The molecule has 1 unspecified atom stereocenters. The molecule has 1 aliphatic carbocycles. The van der Waals surface area contributed by atoms with E-state index in [1.807, 2.05) is 0 Å². The first-order chi connectivity index (χ1) is 7.02. The third-order valence-corrected chi connectivity index (χ3v) is 3.11. The molecule has 4 nitrogen and oxygen atoms in total. The predicted octanol–water partition coefficient (Wildman–Crippen LogP) is 1.03. The Morgan fingerprint density at radius 1 is 1.47 bits per heavy atom. The van der Waals surface area contributed by atoms with Crippen molar-refractivity contribution >= 4 is 27.7 Å². The van der Waals surface area contributed by atoms with Crippen LogP contribution in [0.1, 0.15) is 32.6 Å². The molecule has 2 N–H and O–H groups in total. The molecule has 0 radical (unpaired) electrons. The van der Waals surface area contributed by atoms with E-state index >= 15 is 0 Å². The van der Waals surface area contributed by atoms with Gasteiger partial charge in [0.1, 0.15) is 0 Å². The Morgan fingerprint density at radius 2 is 2.00 bits per heavy atom. The lowest BCUT2D eigenvalue weighted by atomic mass is 10.2. The number of alkyl halides is 1. The second-order valence-electron chi connectivity index (χ2n) is 3.99. The number of nitrogens with zero attached hydrogens (tertiary/aromatic N) is 1. The van der Waals surface area contributed by atoms with Gasteiger partial charge in [0.25, 0.3) is 0 Å². The summed E-state index contributed by atoms with van der Waals surface area (Å²) in [6, 6.07) is 0.199. The normalized spacial score (nSPS) is 18.8. The molecule has 1 aliphatic rings. The highest BCUT2D eigenvalue weighted by atomic mass is 79.9. The van der Waals surface area contributed by atoms with Gasteiger partial charge in [-0.05, 0) is 19.8 Å². The molecule has 5 heteroatoms. The summed E-state index contributed by atoms with van der Waals surface area (Å²) in [6.07, 6.45) is 4.23. The highest BCUT2D eigenvalue weighted by molar-refractivity contribution is 9.10. The van der Waals surface area contributed by atoms with Crippen LogP contribution in [-0.2, 0) is 9.59 Å². The average molecular weight is 277 g/mol. The zero-order chi connectivity index (χ0) is 11.4. The van der Waals surface area contributed by atoms with Crippen molar-refractivity contribution in [1.82, 2.24) is 4.90 Å². The summed E-state index contributed by atoms with van der Waals surface area (Å²) in [5.41, 5.74) is 5.15. The van der Waals surface area contributed by atoms with Gasteiger partial charge in [0.05, 0.1) is 11.4 Å². The quantitative estimate of drug-likeness (QED) is 0.780. The monoisotopic (exact) mass is 276 g/mol. The summed E-state index contributed by atoms with van der Waals surface area (Å²) in [5.74, 6) is -0.482. The highest BCUT2D eigenvalue weighted by Gasteiger charge is 2.29. The van der Waals surface area contributed by atoms with E-state index in [0.29, 0.717) is 0 Å². The van der Waals surface area contributed by atoms with Gasteiger partial charge in [-0.3, -0.25) is 9.59 Å². The summed E-state index contributed by atoms with van der Waals surface area (Å²) in [5, 5.41) is 0. The lowest BCUT2D eigenvalue weighted by Crippen LogP contribution is -2.46. The van der Waals surface area contributed by atoms with Crippen LogP contribution in [0.3, 0.4) is 0 Å². The number of carbonyl (C=O) groups is 2. The Hall–Kier alpha value is -0.580. The second-order valence-corrected chi connectivity index (χ2v) is 5.36. The van der Waals surface area contributed by atoms with Crippen LogP contribution < -0.4 is 5.73 Å². The minimum absolute atomic E-state index is 0.0410. The Bertz CT molecular complexity index is 250. The van der Waals surface area contributed by atoms with Crippen molar-refractivity contribution in [3.63, 3.8) is 0 Å². The fourth-order valence-electron chi connectivity index (χ4n) is 2.00. The van der Waals surface area contributed by atoms with Gasteiger partial charge < -0.3 is 10.6 Å². The van der Waals surface area contributed by atoms with E-state index in [0.717, 1.165) is 25.7 Å². The predicted molar refractivity (Wildman–Crippen MR) is 61.6 cm³/mol. The molecule has 0 heterocycles. The first-order valence-electron chi connectivity index (χ1n) is 5.25. The number of hydrogen-bond donors (Lipinski definition) is 1. The molecule has 0 aromatic rings. The lowest BCUT2D eigenvalue weighted by Gasteiger charge is -2.28. The van der Waals surface area contributed by atoms with E-state index in [2.05, 4.69) is 15.9 Å². The van der Waals surface area contributed by atoms with Crippen LogP contribution in [0.25, 0.3) is 0 Å². The standard InChI is InChI=1S/C10H17BrN2O2/c1-7(11)10(15)13(6-9(12)14)8-4-2-3-5-8/h7-8H,2-6H2,1H3,(H2,12,14). The fraction of sp³-hybridized carbons (Fsp3) is 0.800. The first-order valence-corrected chi connectivity index (χ1v) is 6.16. The summed E-state index contributed by atoms with van der Waals surface area (Å²) < 4.78 is 0. The molecule has 86 valence electrons. The van der Waals surface area contributed by atoms with Crippen molar-refractivity contribution in [1.29, 1.82) is 0 Å². The Morgan fingerprint density at radius 3 is 2.40 bits per heavy atom. The molecule has 1 fully saturated rings. The van der Waals surface area contributed by atoms with Crippen molar-refractivity contribution in [3.05, 3.63) is 0 Å². The maximum Gasteiger partial charge on any atom is 0.237 e. The van der Waals surface area contributed by atoms with Crippen LogP contribution in [-0.4, -0.2) is 34.1 Å². The number of carbonyl (C=O) groups excluding carboxylic acids is 2. The van der Waals surface area contributed by atoms with Crippen LogP contribution >= 0.6 is 15.9 Å². The Balaban J connectivity index is 2.67. The van der Waals surface area contributed by atoms with Gasteiger partial charge in [-0.1, -0.05) is 28.8 Å². The van der Waals surface area contributed by atoms with Gasteiger partial charge in [-0.25, -0.2) is 0 Å². The number of hydrogen-bond acceptors (Lipinski definition) is 2. The van der Waals surface area contributed by atoms with Crippen LogP contribution in [0.15, 0.2) is 0 Å². The largest absolute Gasteiger partial charge is 0.368 e. The maximum absolute atomic E-state index is 11.8. The van der Waals surface area contributed by atoms with Crippen LogP contribution in [0.4, 0.5) is 0 Å². The third kappa shape index (κ3) is 3.48. The topological polar surface area (TPSA) is 63.4 Å². The molecule has 1 saturated carbocycles. The second kappa shape index (κ2) is 5.49. The summed E-state index contributed by atoms with van der Waals surface area (Å²) >= 11 is 3.23. The number of rotatable bonds is 4. The minimum Gasteiger partial charge on any atom is -0.368 e. The zero-order valence-electron chi connectivity index (χ0n) is 8.91. The van der Waals surface area contributed by atoms with Crippen molar-refractivity contribution in [2.75, 3.05) is 6.54 Å². The maximum atomic E-state index is 11.8. The van der Waals surface area contributed by atoms with E-state index in [1.165, 1.54) is 0 Å². The van der Waals surface area contributed by atoms with Crippen molar-refractivity contribution in [3.8, 4) is 0 Å². The molecule has 0 saturated heterocycles. The molecule has 0 bridgehead atoms. The fourth-order valence-corrected chi connectivity index (χ4v) is 2.26.